The summed E-state index contributed by atoms with van der Waals surface area (Å²) in [5.74, 6) is -2.22. The fraction of sp³-hybridized carbons (Fsp3) is 0.0952. The number of hydrogen-bond donors (Lipinski definition) is 2. The van der Waals surface area contributed by atoms with Crippen molar-refractivity contribution in [3.63, 3.8) is 0 Å². The van der Waals surface area contributed by atoms with E-state index in [2.05, 4.69) is 29.4 Å². The molecule has 5 heteroatoms. The van der Waals surface area contributed by atoms with Crippen molar-refractivity contribution < 1.29 is 13.6 Å². The van der Waals surface area contributed by atoms with Gasteiger partial charge in [-0.2, -0.15) is 0 Å². The zero-order valence-corrected chi connectivity index (χ0v) is 14.1. The largest absolute Gasteiger partial charge is 0.354 e. The smallest absolute Gasteiger partial charge is 0.258 e. The molecule has 3 aromatic carbocycles. The van der Waals surface area contributed by atoms with E-state index in [0.717, 1.165) is 40.4 Å². The standard InChI is InChI=1S/C21H16F2N2O/c1-2-12-4-3-5-16-15-9-7-14(11-19(15)25-20(12)16)24-21(26)17-8-6-13(22)10-18(17)23/h3-11,25H,2H2,1H3,(H,24,26). The number of halogens is 2. The molecule has 0 spiro atoms. The maximum Gasteiger partial charge on any atom is 0.258 e. The number of H-pyrrole nitrogens is 1. The molecule has 0 atom stereocenters. The molecule has 0 unspecified atom stereocenters. The van der Waals surface area contributed by atoms with Gasteiger partial charge < -0.3 is 10.3 Å². The van der Waals surface area contributed by atoms with Crippen LogP contribution < -0.4 is 5.32 Å². The van der Waals surface area contributed by atoms with E-state index >= 15 is 0 Å². The first kappa shape index (κ1) is 16.3. The Morgan fingerprint density at radius 3 is 2.65 bits per heavy atom. The lowest BCUT2D eigenvalue weighted by Gasteiger charge is -2.06. The molecular formula is C21H16F2N2O. The third-order valence-electron chi connectivity index (χ3n) is 4.53. The minimum atomic E-state index is -0.887. The van der Waals surface area contributed by atoms with E-state index in [0.29, 0.717) is 11.8 Å². The average molecular weight is 350 g/mol. The minimum Gasteiger partial charge on any atom is -0.354 e. The van der Waals surface area contributed by atoms with Crippen molar-refractivity contribution >= 4 is 33.4 Å². The summed E-state index contributed by atoms with van der Waals surface area (Å²) in [6, 6.07) is 14.6. The fourth-order valence-corrected chi connectivity index (χ4v) is 3.23. The van der Waals surface area contributed by atoms with Gasteiger partial charge in [-0.3, -0.25) is 4.79 Å². The topological polar surface area (TPSA) is 44.9 Å². The lowest BCUT2D eigenvalue weighted by Crippen LogP contribution is -2.13. The zero-order valence-electron chi connectivity index (χ0n) is 14.1. The predicted molar refractivity (Wildman–Crippen MR) is 99.5 cm³/mol. The molecule has 4 aromatic rings. The van der Waals surface area contributed by atoms with Crippen molar-refractivity contribution in [2.24, 2.45) is 0 Å². The molecule has 0 radical (unpaired) electrons. The number of para-hydroxylation sites is 1. The fourth-order valence-electron chi connectivity index (χ4n) is 3.23. The Labute approximate surface area is 148 Å². The highest BCUT2D eigenvalue weighted by atomic mass is 19.1. The van der Waals surface area contributed by atoms with E-state index < -0.39 is 17.5 Å². The monoisotopic (exact) mass is 350 g/mol. The number of benzene rings is 3. The summed E-state index contributed by atoms with van der Waals surface area (Å²) in [7, 11) is 0. The maximum atomic E-state index is 13.8. The molecule has 26 heavy (non-hydrogen) atoms. The van der Waals surface area contributed by atoms with Crippen LogP contribution in [0, 0.1) is 11.6 Å². The molecule has 1 heterocycles. The molecule has 0 fully saturated rings. The summed E-state index contributed by atoms with van der Waals surface area (Å²) in [6.45, 7) is 2.10. The maximum absolute atomic E-state index is 13.8. The number of carbonyl (C=O) groups is 1. The third kappa shape index (κ3) is 2.71. The molecular weight excluding hydrogens is 334 g/mol. The summed E-state index contributed by atoms with van der Waals surface area (Å²) in [4.78, 5) is 15.7. The van der Waals surface area contributed by atoms with Crippen LogP contribution in [0.15, 0.2) is 54.6 Å². The molecule has 0 saturated heterocycles. The number of aromatic nitrogens is 1. The highest BCUT2D eigenvalue weighted by Gasteiger charge is 2.14. The van der Waals surface area contributed by atoms with E-state index in [4.69, 9.17) is 0 Å². The van der Waals surface area contributed by atoms with Crippen LogP contribution in [-0.2, 0) is 6.42 Å². The van der Waals surface area contributed by atoms with Gasteiger partial charge in [0.2, 0.25) is 0 Å². The molecule has 0 saturated carbocycles. The van der Waals surface area contributed by atoms with Gasteiger partial charge in [0.25, 0.3) is 5.91 Å². The van der Waals surface area contributed by atoms with E-state index in [1.165, 1.54) is 5.56 Å². The molecule has 1 aromatic heterocycles. The first-order chi connectivity index (χ1) is 12.6. The van der Waals surface area contributed by atoms with Crippen LogP contribution in [0.1, 0.15) is 22.8 Å². The van der Waals surface area contributed by atoms with Crippen molar-refractivity contribution in [2.45, 2.75) is 13.3 Å². The van der Waals surface area contributed by atoms with Gasteiger partial charge in [0.05, 0.1) is 5.56 Å². The van der Waals surface area contributed by atoms with Gasteiger partial charge in [-0.05, 0) is 36.2 Å². The van der Waals surface area contributed by atoms with Crippen molar-refractivity contribution in [2.75, 3.05) is 5.32 Å². The Bertz CT molecular complexity index is 1150. The van der Waals surface area contributed by atoms with Crippen LogP contribution in [0.2, 0.25) is 0 Å². The van der Waals surface area contributed by atoms with Crippen LogP contribution in [0.5, 0.6) is 0 Å². The van der Waals surface area contributed by atoms with Gasteiger partial charge in [0.15, 0.2) is 0 Å². The Morgan fingerprint density at radius 1 is 1.04 bits per heavy atom. The van der Waals surface area contributed by atoms with Crippen molar-refractivity contribution in [1.29, 1.82) is 0 Å². The Kier molecular flexibility index (Phi) is 3.92. The second kappa shape index (κ2) is 6.26. The second-order valence-electron chi connectivity index (χ2n) is 6.16. The molecule has 0 bridgehead atoms. The summed E-state index contributed by atoms with van der Waals surface area (Å²) >= 11 is 0. The molecule has 0 aliphatic heterocycles. The Balaban J connectivity index is 1.71. The van der Waals surface area contributed by atoms with Crippen LogP contribution in [0.25, 0.3) is 21.8 Å². The molecule has 0 aliphatic carbocycles. The van der Waals surface area contributed by atoms with Crippen molar-refractivity contribution in [3.8, 4) is 0 Å². The summed E-state index contributed by atoms with van der Waals surface area (Å²) in [5, 5.41) is 4.85. The minimum absolute atomic E-state index is 0.198. The number of carbonyl (C=O) groups excluding carboxylic acids is 1. The molecule has 1 amide bonds. The Hall–Kier alpha value is -3.21. The van der Waals surface area contributed by atoms with E-state index in [-0.39, 0.29) is 5.56 Å². The first-order valence-corrected chi connectivity index (χ1v) is 8.36. The molecule has 4 rings (SSSR count). The van der Waals surface area contributed by atoms with Crippen LogP contribution >= 0.6 is 0 Å². The lowest BCUT2D eigenvalue weighted by atomic mass is 10.1. The summed E-state index contributed by atoms with van der Waals surface area (Å²) in [5.41, 5.74) is 3.53. The summed E-state index contributed by atoms with van der Waals surface area (Å²) in [6.07, 6.45) is 0.914. The van der Waals surface area contributed by atoms with E-state index in [9.17, 15) is 13.6 Å². The van der Waals surface area contributed by atoms with E-state index in [1.807, 2.05) is 18.2 Å². The number of rotatable bonds is 3. The molecule has 0 aliphatic rings. The number of anilines is 1. The SMILES string of the molecule is CCc1cccc2c1[nH]c1cc(NC(=O)c3ccc(F)cc3F)ccc12. The van der Waals surface area contributed by atoms with Crippen LogP contribution in [0.3, 0.4) is 0 Å². The Morgan fingerprint density at radius 2 is 1.88 bits per heavy atom. The van der Waals surface area contributed by atoms with Crippen LogP contribution in [-0.4, -0.2) is 10.9 Å². The lowest BCUT2D eigenvalue weighted by molar-refractivity contribution is 0.102. The van der Waals surface area contributed by atoms with Gasteiger partial charge in [0.1, 0.15) is 11.6 Å². The first-order valence-electron chi connectivity index (χ1n) is 8.36. The number of fused-ring (bicyclic) bond motifs is 3. The summed E-state index contributed by atoms with van der Waals surface area (Å²) < 4.78 is 26.8. The molecule has 2 N–H and O–H groups in total. The molecule has 130 valence electrons. The van der Waals surface area contributed by atoms with Crippen molar-refractivity contribution in [3.05, 3.63) is 77.4 Å². The zero-order chi connectivity index (χ0) is 18.3. The number of hydrogen-bond acceptors (Lipinski definition) is 1. The normalized spacial score (nSPS) is 11.2. The van der Waals surface area contributed by atoms with Gasteiger partial charge >= 0.3 is 0 Å². The van der Waals surface area contributed by atoms with Gasteiger partial charge in [-0.15, -0.1) is 0 Å². The second-order valence-corrected chi connectivity index (χ2v) is 6.16. The molecule has 3 nitrogen and oxygen atoms in total. The number of aromatic amines is 1. The number of aryl methyl sites for hydroxylation is 1. The predicted octanol–water partition coefficient (Wildman–Crippen LogP) is 5.41. The van der Waals surface area contributed by atoms with E-state index in [1.54, 1.807) is 6.07 Å². The third-order valence-corrected chi connectivity index (χ3v) is 4.53. The highest BCUT2D eigenvalue weighted by Crippen LogP contribution is 2.30. The quantitative estimate of drug-likeness (QED) is 0.509. The van der Waals surface area contributed by atoms with Gasteiger partial charge in [-0.1, -0.05) is 31.2 Å². The van der Waals surface area contributed by atoms with Crippen molar-refractivity contribution in [1.82, 2.24) is 4.98 Å². The number of nitrogens with one attached hydrogen (secondary N) is 2. The van der Waals surface area contributed by atoms with Crippen LogP contribution in [0.4, 0.5) is 14.5 Å². The van der Waals surface area contributed by atoms with Gasteiger partial charge in [-0.25, -0.2) is 8.78 Å². The van der Waals surface area contributed by atoms with Gasteiger partial charge in [0, 0.05) is 33.6 Å². The highest BCUT2D eigenvalue weighted by molar-refractivity contribution is 6.10. The average Bonchev–Trinajstić information content (AvgIpc) is 2.99. The number of amides is 1.